The Balaban J connectivity index is 2.63. The zero-order chi connectivity index (χ0) is 13.1. The minimum atomic E-state index is -0.313. The molecule has 0 aromatic heterocycles. The van der Waals surface area contributed by atoms with E-state index in [1.807, 2.05) is 13.8 Å². The van der Waals surface area contributed by atoms with Gasteiger partial charge in [0.25, 0.3) is 0 Å². The first-order chi connectivity index (χ1) is 7.85. The second kappa shape index (κ2) is 5.76. The van der Waals surface area contributed by atoms with Crippen LogP contribution in [0.5, 0.6) is 0 Å². The Morgan fingerprint density at radius 3 is 2.59 bits per heavy atom. The molecule has 1 rings (SSSR count). The van der Waals surface area contributed by atoms with Crippen LogP contribution in [0.4, 0.5) is 0 Å². The maximum Gasteiger partial charge on any atom is 0.328 e. The molecular weight excluding hydrogens is 236 g/mol. The van der Waals surface area contributed by atoms with Crippen LogP contribution in [0.1, 0.15) is 27.7 Å². The molecule has 0 radical (unpaired) electrons. The number of rotatable bonds is 3. The van der Waals surface area contributed by atoms with Crippen LogP contribution in [0.25, 0.3) is 0 Å². The highest BCUT2D eigenvalue weighted by atomic mass is 32.2. The van der Waals surface area contributed by atoms with Gasteiger partial charge in [-0.3, -0.25) is 4.99 Å². The molecule has 4 nitrogen and oxygen atoms in total. The van der Waals surface area contributed by atoms with Crippen LogP contribution in [-0.4, -0.2) is 36.6 Å². The van der Waals surface area contributed by atoms with Crippen molar-refractivity contribution >= 4 is 22.9 Å². The molecule has 1 aliphatic heterocycles. The fraction of sp³-hybridized carbons (Fsp3) is 0.833. The average Bonchev–Trinajstić information content (AvgIpc) is 2.26. The number of amidine groups is 1. The Labute approximate surface area is 108 Å². The number of ether oxygens (including phenoxy) is 1. The summed E-state index contributed by atoms with van der Waals surface area (Å²) in [4.78, 5) is 16.1. The average molecular weight is 258 g/mol. The number of hydrogen-bond donors (Lipinski definition) is 1. The molecule has 0 spiro atoms. The van der Waals surface area contributed by atoms with Gasteiger partial charge >= 0.3 is 5.97 Å². The van der Waals surface area contributed by atoms with Crippen LogP contribution in [0.2, 0.25) is 0 Å². The third-order valence-corrected chi connectivity index (χ3v) is 4.10. The van der Waals surface area contributed by atoms with E-state index in [1.54, 1.807) is 11.8 Å². The highest BCUT2D eigenvalue weighted by molar-refractivity contribution is 8.13. The third kappa shape index (κ3) is 4.22. The molecule has 0 saturated heterocycles. The highest BCUT2D eigenvalue weighted by Gasteiger charge is 2.28. The van der Waals surface area contributed by atoms with Gasteiger partial charge in [0.1, 0.15) is 6.04 Å². The summed E-state index contributed by atoms with van der Waals surface area (Å²) in [5, 5.41) is 4.04. The molecule has 0 bridgehead atoms. The van der Waals surface area contributed by atoms with Crippen molar-refractivity contribution < 1.29 is 9.53 Å². The van der Waals surface area contributed by atoms with Gasteiger partial charge in [-0.1, -0.05) is 39.5 Å². The molecule has 17 heavy (non-hydrogen) atoms. The summed E-state index contributed by atoms with van der Waals surface area (Å²) >= 11 is 1.67. The normalized spacial score (nSPS) is 20.7. The standard InChI is InChI=1S/C12H22N2O2S/c1-8(2)9(10(15)16-5)14-11-13-6-12(3,4)7-17-11/h8-9H,6-7H2,1-5H3,(H,13,14). The monoisotopic (exact) mass is 258 g/mol. The first-order valence-corrected chi connectivity index (χ1v) is 6.86. The fourth-order valence-electron chi connectivity index (χ4n) is 1.49. The molecule has 0 aromatic rings. The molecular formula is C12H22N2O2S. The Hall–Kier alpha value is -0.710. The van der Waals surface area contributed by atoms with E-state index >= 15 is 0 Å². The van der Waals surface area contributed by atoms with Gasteiger partial charge < -0.3 is 10.1 Å². The summed E-state index contributed by atoms with van der Waals surface area (Å²) < 4.78 is 4.79. The van der Waals surface area contributed by atoms with E-state index in [4.69, 9.17) is 4.74 Å². The molecule has 0 aliphatic carbocycles. The smallest absolute Gasteiger partial charge is 0.328 e. The minimum Gasteiger partial charge on any atom is -0.467 e. The predicted octanol–water partition coefficient (Wildman–Crippen LogP) is 1.90. The number of nitrogens with one attached hydrogen (secondary N) is 1. The Kier molecular flexibility index (Phi) is 4.86. The quantitative estimate of drug-likeness (QED) is 0.786. The lowest BCUT2D eigenvalue weighted by Crippen LogP contribution is -2.45. The zero-order valence-corrected chi connectivity index (χ0v) is 12.1. The van der Waals surface area contributed by atoms with Crippen molar-refractivity contribution in [1.29, 1.82) is 0 Å². The van der Waals surface area contributed by atoms with Crippen LogP contribution in [0.3, 0.4) is 0 Å². The van der Waals surface area contributed by atoms with E-state index in [9.17, 15) is 4.79 Å². The number of thioether (sulfide) groups is 1. The highest BCUT2D eigenvalue weighted by Crippen LogP contribution is 2.27. The third-order valence-electron chi connectivity index (χ3n) is 2.65. The molecule has 0 amide bonds. The number of carbonyl (C=O) groups is 1. The largest absolute Gasteiger partial charge is 0.467 e. The molecule has 1 heterocycles. The van der Waals surface area contributed by atoms with Crippen molar-refractivity contribution in [3.8, 4) is 0 Å². The van der Waals surface area contributed by atoms with Crippen molar-refractivity contribution in [3.63, 3.8) is 0 Å². The molecule has 0 fully saturated rings. The predicted molar refractivity (Wildman–Crippen MR) is 72.3 cm³/mol. The van der Waals surface area contributed by atoms with Crippen molar-refractivity contribution in [1.82, 2.24) is 5.32 Å². The van der Waals surface area contributed by atoms with Gasteiger partial charge in [0.15, 0.2) is 5.17 Å². The summed E-state index contributed by atoms with van der Waals surface area (Å²) in [6.07, 6.45) is 0. The number of hydrogen-bond acceptors (Lipinski definition) is 5. The maximum absolute atomic E-state index is 11.6. The maximum atomic E-state index is 11.6. The number of nitrogens with zero attached hydrogens (tertiary/aromatic N) is 1. The molecule has 1 atom stereocenters. The van der Waals surface area contributed by atoms with Crippen molar-refractivity contribution in [2.24, 2.45) is 16.3 Å². The van der Waals surface area contributed by atoms with Crippen molar-refractivity contribution in [2.75, 3.05) is 19.4 Å². The Bertz CT molecular complexity index is 314. The number of esters is 1. The van der Waals surface area contributed by atoms with Gasteiger partial charge in [0.05, 0.1) is 7.11 Å². The molecule has 0 saturated carbocycles. The van der Waals surface area contributed by atoms with E-state index in [0.29, 0.717) is 0 Å². The van der Waals surface area contributed by atoms with Gasteiger partial charge in [0, 0.05) is 12.3 Å². The number of methoxy groups -OCH3 is 1. The zero-order valence-electron chi connectivity index (χ0n) is 11.2. The van der Waals surface area contributed by atoms with Crippen molar-refractivity contribution in [3.05, 3.63) is 0 Å². The fourth-order valence-corrected chi connectivity index (χ4v) is 2.47. The lowest BCUT2D eigenvalue weighted by molar-refractivity contribution is -0.143. The van der Waals surface area contributed by atoms with E-state index < -0.39 is 0 Å². The van der Waals surface area contributed by atoms with E-state index in [0.717, 1.165) is 17.5 Å². The Morgan fingerprint density at radius 1 is 1.53 bits per heavy atom. The van der Waals surface area contributed by atoms with E-state index in [1.165, 1.54) is 7.11 Å². The molecule has 0 aromatic carbocycles. The summed E-state index contributed by atoms with van der Waals surface area (Å²) in [7, 11) is 1.42. The topological polar surface area (TPSA) is 50.7 Å². The summed E-state index contributed by atoms with van der Waals surface area (Å²) in [6.45, 7) is 9.18. The van der Waals surface area contributed by atoms with Crippen molar-refractivity contribution in [2.45, 2.75) is 33.7 Å². The first kappa shape index (κ1) is 14.4. The molecule has 1 N–H and O–H groups in total. The first-order valence-electron chi connectivity index (χ1n) is 5.87. The number of aliphatic imine (C=N–C) groups is 1. The lowest BCUT2D eigenvalue weighted by atomic mass is 9.97. The molecule has 5 heteroatoms. The summed E-state index contributed by atoms with van der Waals surface area (Å²) in [5.74, 6) is 0.971. The molecule has 1 unspecified atom stereocenters. The second-order valence-electron chi connectivity index (χ2n) is 5.46. The van der Waals surface area contributed by atoms with Gasteiger partial charge in [-0.2, -0.15) is 0 Å². The lowest BCUT2D eigenvalue weighted by Gasteiger charge is -2.29. The van der Waals surface area contributed by atoms with Crippen LogP contribution in [0.15, 0.2) is 4.99 Å². The second-order valence-corrected chi connectivity index (χ2v) is 6.43. The van der Waals surface area contributed by atoms with Crippen LogP contribution in [0, 0.1) is 11.3 Å². The van der Waals surface area contributed by atoms with Crippen LogP contribution in [-0.2, 0) is 9.53 Å². The summed E-state index contributed by atoms with van der Waals surface area (Å²) in [5.41, 5.74) is 0.244. The molecule has 98 valence electrons. The van der Waals surface area contributed by atoms with Gasteiger partial charge in [-0.25, -0.2) is 4.79 Å². The van der Waals surface area contributed by atoms with Gasteiger partial charge in [-0.15, -0.1) is 0 Å². The minimum absolute atomic E-state index is 0.181. The number of carbonyl (C=O) groups excluding carboxylic acids is 1. The van der Waals surface area contributed by atoms with E-state index in [-0.39, 0.29) is 23.3 Å². The van der Waals surface area contributed by atoms with Gasteiger partial charge in [0.2, 0.25) is 0 Å². The molecule has 1 aliphatic rings. The SMILES string of the molecule is COC(=O)C(NC1=NCC(C)(C)CS1)C(C)C. The van der Waals surface area contributed by atoms with Crippen LogP contribution >= 0.6 is 11.8 Å². The van der Waals surface area contributed by atoms with Crippen LogP contribution < -0.4 is 5.32 Å². The Morgan fingerprint density at radius 2 is 2.18 bits per heavy atom. The van der Waals surface area contributed by atoms with Gasteiger partial charge in [-0.05, 0) is 11.3 Å². The van der Waals surface area contributed by atoms with E-state index in [2.05, 4.69) is 24.2 Å². The summed E-state index contributed by atoms with van der Waals surface area (Å²) in [6, 6.07) is -0.313.